The molecule has 30 nitrogen and oxygen atoms in total. The van der Waals surface area contributed by atoms with Crippen molar-refractivity contribution in [3.8, 4) is 17.2 Å². The molecular formula is C50H71N8NaO22S. The number of primary amides is 1. The summed E-state index contributed by atoms with van der Waals surface area (Å²) in [6.07, 6.45) is -14.0. The second kappa shape index (κ2) is 30.7. The van der Waals surface area contributed by atoms with Crippen LogP contribution in [0.4, 0.5) is 0 Å². The Kier molecular flexibility index (Phi) is 25.7. The van der Waals surface area contributed by atoms with E-state index >= 15 is 0 Å². The molecule has 3 saturated heterocycles. The molecule has 16 N–H and O–H groups in total. The second-order valence-corrected chi connectivity index (χ2v) is 21.3. The number of aliphatic hydroxyl groups excluding tert-OH is 8. The van der Waals surface area contributed by atoms with Crippen molar-refractivity contribution in [2.24, 2.45) is 11.7 Å². The fourth-order valence-corrected chi connectivity index (χ4v) is 9.87. The van der Waals surface area contributed by atoms with Crippen molar-refractivity contribution in [1.29, 1.82) is 0 Å². The Morgan fingerprint density at radius 3 is 2.02 bits per heavy atom. The number of nitrogens with zero attached hydrogens (tertiary/aromatic N) is 2. The number of nitrogens with one attached hydrogen (secondary N) is 5. The molecule has 2 aromatic carbocycles. The number of hydrogen-bond acceptors (Lipinski definition) is 22. The van der Waals surface area contributed by atoms with Crippen molar-refractivity contribution < 1.29 is 136 Å². The van der Waals surface area contributed by atoms with Crippen LogP contribution in [0, 0.1) is 5.92 Å². The van der Waals surface area contributed by atoms with E-state index in [1.54, 1.807) is 0 Å². The minimum atomic E-state index is -5.59. The van der Waals surface area contributed by atoms with Crippen LogP contribution in [0.15, 0.2) is 42.5 Å². The van der Waals surface area contributed by atoms with Gasteiger partial charge in [0.1, 0.15) is 60.3 Å². The standard InChI is InChI=1S/C50H72N8O22S.Na/c1-4-5-6-7-8-9-16-79-28-13-10-25(11-14-28)43(68)52-29-19-33(63)46(71)56-48(73)39-40(65)23(2)21-58(39)50(75)37(32(62)20-35(51)64)54-47(72)38(42(67)41(66)26-12-15-31(61)34(17-26)80-81(76,77)78)55-45(70)30-18-27(60)22-57(30)49(74)36(24(3)59)53-44(29)69;/h10-15,17,23-24,27,29-30,32-33,36-42,46,59-63,65-67,71H,4-9,16,18-22H2,1-3H3,(H2,51,64)(H,52,68)(H,53,69)(H,54,72)(H,55,70)(H,56,73)(H,76,77,78);/q;+1/p-1/t23-,24+,27+,29-,30-,32+,33+,36-,37-,38-,39-,40-,41-,42-,46-;/m0./s1. The average Bonchev–Trinajstić information content (AvgIpc) is 3.99. The molecule has 0 unspecified atom stereocenters. The number of fused-ring (bicyclic) bond motifs is 2. The van der Waals surface area contributed by atoms with E-state index in [0.717, 1.165) is 51.5 Å². The molecule has 82 heavy (non-hydrogen) atoms. The van der Waals surface area contributed by atoms with Gasteiger partial charge in [-0.15, -0.1) is 0 Å². The first-order chi connectivity index (χ1) is 38.0. The van der Waals surface area contributed by atoms with Gasteiger partial charge in [-0.25, -0.2) is 8.42 Å². The Morgan fingerprint density at radius 2 is 1.40 bits per heavy atom. The van der Waals surface area contributed by atoms with Crippen molar-refractivity contribution in [1.82, 2.24) is 36.4 Å². The molecule has 0 radical (unpaired) electrons. The van der Waals surface area contributed by atoms with E-state index in [4.69, 9.17) is 10.5 Å². The molecule has 32 heteroatoms. The van der Waals surface area contributed by atoms with Gasteiger partial charge < -0.3 is 102 Å². The zero-order chi connectivity index (χ0) is 60.2. The number of benzene rings is 2. The number of phenols is 1. The Balaban J connectivity index is 0.0000144. The Bertz CT molecular complexity index is 2690. The zero-order valence-corrected chi connectivity index (χ0v) is 48.2. The maximum atomic E-state index is 14.6. The molecule has 450 valence electrons. The second-order valence-electron chi connectivity index (χ2n) is 20.3. The number of phenolic OH excluding ortho intramolecular Hbond substituents is 1. The molecule has 3 aliphatic rings. The molecule has 0 saturated carbocycles. The Labute approximate surface area is 493 Å². The van der Waals surface area contributed by atoms with Crippen molar-refractivity contribution in [2.45, 2.75) is 164 Å². The SMILES string of the molecule is CCCCCCCCOc1ccc(C(=O)N[C@H]2C[C@@H](O)[C@H](O)NC(=O)[C@@H]3[C@@H](O)[C@@H](C)CN3C(=O)[C@H]([C@H](O)CC(N)=O)NC(=O)[C@H]([C@H](O)[C@@H](O)c3ccc(O)c(OS(=O)(=O)[O-])c3)NC(=O)[C@@H]3C[C@@H](O)CN3C(=O)[C@H]([C@@H](C)O)NC2=O)cc1.[Na+]. The summed E-state index contributed by atoms with van der Waals surface area (Å²) in [5.41, 5.74) is 4.65. The largest absolute Gasteiger partial charge is 1.00 e. The number of carbonyl (C=O) groups is 8. The van der Waals surface area contributed by atoms with Crippen LogP contribution in [0.5, 0.6) is 17.2 Å². The first kappa shape index (κ1) is 68.7. The smallest absolute Gasteiger partial charge is 0.716 e. The van der Waals surface area contributed by atoms with Crippen LogP contribution in [0.1, 0.15) is 101 Å². The number of rotatable bonds is 19. The van der Waals surface area contributed by atoms with Crippen LogP contribution in [0.3, 0.4) is 0 Å². The van der Waals surface area contributed by atoms with Gasteiger partial charge in [0.2, 0.25) is 41.4 Å². The fraction of sp³-hybridized carbons (Fsp3) is 0.600. The quantitative estimate of drug-likeness (QED) is 0.0269. The van der Waals surface area contributed by atoms with Gasteiger partial charge >= 0.3 is 29.6 Å². The topological polar surface area (TPSA) is 487 Å². The van der Waals surface area contributed by atoms with E-state index < -0.39 is 198 Å². The monoisotopic (exact) mass is 1190 g/mol. The maximum Gasteiger partial charge on any atom is 1.00 e. The molecule has 2 aromatic rings. The molecular weight excluding hydrogens is 1120 g/mol. The Hall–Kier alpha value is -5.81. The van der Waals surface area contributed by atoms with Gasteiger partial charge in [0.05, 0.1) is 37.4 Å². The third-order valence-electron chi connectivity index (χ3n) is 13.9. The van der Waals surface area contributed by atoms with E-state index in [0.29, 0.717) is 34.3 Å². The molecule has 5 rings (SSSR count). The minimum Gasteiger partial charge on any atom is -0.716 e. The molecule has 3 aliphatic heterocycles. The van der Waals surface area contributed by atoms with E-state index in [9.17, 15) is 97.3 Å². The third kappa shape index (κ3) is 18.3. The number of ether oxygens (including phenoxy) is 1. The molecule has 3 heterocycles. The van der Waals surface area contributed by atoms with Crippen LogP contribution < -0.4 is 70.8 Å². The summed E-state index contributed by atoms with van der Waals surface area (Å²) in [5.74, 6) is -13.5. The maximum absolute atomic E-state index is 14.6. The number of unbranched alkanes of at least 4 members (excludes halogenated alkanes) is 5. The summed E-state index contributed by atoms with van der Waals surface area (Å²) in [4.78, 5) is 114. The van der Waals surface area contributed by atoms with Gasteiger partial charge in [-0.05, 0) is 55.3 Å². The Morgan fingerprint density at radius 1 is 0.793 bits per heavy atom. The summed E-state index contributed by atoms with van der Waals surface area (Å²) in [6, 6.07) is -5.26. The predicted octanol–water partition coefficient (Wildman–Crippen LogP) is -8.39. The zero-order valence-electron chi connectivity index (χ0n) is 45.4. The molecule has 15 atom stereocenters. The normalized spacial score (nSPS) is 27.6. The molecule has 3 fully saturated rings. The van der Waals surface area contributed by atoms with E-state index in [1.165, 1.54) is 31.2 Å². The summed E-state index contributed by atoms with van der Waals surface area (Å²) < 4.78 is 44.2. The summed E-state index contributed by atoms with van der Waals surface area (Å²) in [5, 5.41) is 111. The van der Waals surface area contributed by atoms with E-state index in [2.05, 4.69) is 27.1 Å². The van der Waals surface area contributed by atoms with Gasteiger partial charge in [0.15, 0.2) is 17.7 Å². The summed E-state index contributed by atoms with van der Waals surface area (Å²) in [7, 11) is -5.59. The van der Waals surface area contributed by atoms with Crippen LogP contribution in [-0.4, -0.2) is 215 Å². The van der Waals surface area contributed by atoms with Crippen LogP contribution in [-0.2, 0) is 44.0 Å². The number of nitrogens with two attached hydrogens (primary N) is 1. The summed E-state index contributed by atoms with van der Waals surface area (Å²) in [6.45, 7) is 3.61. The van der Waals surface area contributed by atoms with Crippen LogP contribution in [0.2, 0.25) is 0 Å². The average molecular weight is 1190 g/mol. The minimum absolute atomic E-state index is 0. The number of amides is 8. The molecule has 0 aliphatic carbocycles. The number of hydrogen-bond donors (Lipinski definition) is 15. The fourth-order valence-electron chi connectivity index (χ4n) is 9.52. The van der Waals surface area contributed by atoms with Gasteiger partial charge in [-0.3, -0.25) is 38.4 Å². The van der Waals surface area contributed by atoms with Gasteiger partial charge in [0, 0.05) is 37.4 Å². The number of carbonyl (C=O) groups excluding carboxylic acids is 8. The van der Waals surface area contributed by atoms with Crippen molar-refractivity contribution >= 4 is 57.7 Å². The molecule has 0 bridgehead atoms. The molecule has 8 amide bonds. The van der Waals surface area contributed by atoms with Crippen LogP contribution in [0.25, 0.3) is 0 Å². The van der Waals surface area contributed by atoms with Gasteiger partial charge in [-0.1, -0.05) is 52.0 Å². The molecule has 0 spiro atoms. The van der Waals surface area contributed by atoms with E-state index in [1.807, 2.05) is 10.6 Å². The number of aliphatic hydroxyl groups is 8. The van der Waals surface area contributed by atoms with Crippen molar-refractivity contribution in [3.63, 3.8) is 0 Å². The predicted molar refractivity (Wildman–Crippen MR) is 275 cm³/mol. The molecule has 0 aromatic heterocycles. The third-order valence-corrected chi connectivity index (χ3v) is 14.3. The number of aromatic hydroxyl groups is 1. The first-order valence-corrected chi connectivity index (χ1v) is 27.4. The van der Waals surface area contributed by atoms with Gasteiger partial charge in [-0.2, -0.15) is 0 Å². The van der Waals surface area contributed by atoms with Crippen molar-refractivity contribution in [3.05, 3.63) is 53.6 Å². The van der Waals surface area contributed by atoms with E-state index in [-0.39, 0.29) is 35.1 Å². The first-order valence-electron chi connectivity index (χ1n) is 26.1. The summed E-state index contributed by atoms with van der Waals surface area (Å²) >= 11 is 0. The van der Waals surface area contributed by atoms with Gasteiger partial charge in [0.25, 0.3) is 16.3 Å². The van der Waals surface area contributed by atoms with Crippen molar-refractivity contribution in [2.75, 3.05) is 19.7 Å². The van der Waals surface area contributed by atoms with Crippen LogP contribution >= 0.6 is 0 Å².